The van der Waals surface area contributed by atoms with Crippen LogP contribution in [0.25, 0.3) is 11.1 Å². The third-order valence-corrected chi connectivity index (χ3v) is 7.99. The zero-order valence-corrected chi connectivity index (χ0v) is 22.7. The van der Waals surface area contributed by atoms with E-state index in [9.17, 15) is 13.2 Å². The van der Waals surface area contributed by atoms with Crippen molar-refractivity contribution < 1.29 is 13.2 Å². The van der Waals surface area contributed by atoms with Crippen LogP contribution in [0, 0.1) is 0 Å². The van der Waals surface area contributed by atoms with E-state index >= 15 is 0 Å². The van der Waals surface area contributed by atoms with Gasteiger partial charge in [-0.1, -0.05) is 25.0 Å². The highest BCUT2D eigenvalue weighted by atomic mass is 19.4. The summed E-state index contributed by atoms with van der Waals surface area (Å²) in [7, 11) is 4.09. The standard InChI is InChI=1S/C31H38F3N5/c1-38(2)27-9-5-7-22(19-27)23-16-17-35-30(20-23)37-29-11-4-3-10-28(29)36-25-8-6-18-39(21-25)26-14-12-24(13-15-26)31(32,33)34/h5,7,9,12-17,19-20,25,28-29,36H,3-4,6,8,10-11,18,21H2,1-2H3,(H,35,37)/t25-,28+,29+/m0/s1. The fraction of sp³-hybridized carbons (Fsp3) is 0.452. The summed E-state index contributed by atoms with van der Waals surface area (Å²) in [4.78, 5) is 8.95. The maximum absolute atomic E-state index is 13.0. The molecule has 0 amide bonds. The molecule has 5 rings (SSSR count). The first-order valence-corrected chi connectivity index (χ1v) is 13.9. The third-order valence-electron chi connectivity index (χ3n) is 7.99. The van der Waals surface area contributed by atoms with Crippen molar-refractivity contribution in [1.29, 1.82) is 0 Å². The Morgan fingerprint density at radius 3 is 2.36 bits per heavy atom. The zero-order chi connectivity index (χ0) is 27.4. The largest absolute Gasteiger partial charge is 0.416 e. The normalized spacial score (nSPS) is 22.0. The van der Waals surface area contributed by atoms with Gasteiger partial charge in [0.05, 0.1) is 5.56 Å². The van der Waals surface area contributed by atoms with Crippen LogP contribution in [0.15, 0.2) is 66.9 Å². The fourth-order valence-electron chi connectivity index (χ4n) is 5.86. The Bertz CT molecular complexity index is 1230. The van der Waals surface area contributed by atoms with Crippen LogP contribution in [0.2, 0.25) is 0 Å². The molecule has 1 saturated carbocycles. The SMILES string of the molecule is CN(C)c1cccc(-c2ccnc(N[C@@H]3CCCC[C@H]3N[C@H]3CCCN(c4ccc(C(F)(F)F)cc4)C3)c2)c1. The molecule has 1 aliphatic heterocycles. The van der Waals surface area contributed by atoms with Crippen LogP contribution in [-0.4, -0.2) is 50.3 Å². The van der Waals surface area contributed by atoms with E-state index < -0.39 is 11.7 Å². The summed E-state index contributed by atoms with van der Waals surface area (Å²) < 4.78 is 39.0. The van der Waals surface area contributed by atoms with E-state index in [2.05, 4.69) is 61.8 Å². The fourth-order valence-corrected chi connectivity index (χ4v) is 5.86. The Morgan fingerprint density at radius 1 is 0.872 bits per heavy atom. The maximum atomic E-state index is 13.0. The van der Waals surface area contributed by atoms with Crippen molar-refractivity contribution in [2.24, 2.45) is 0 Å². The monoisotopic (exact) mass is 537 g/mol. The topological polar surface area (TPSA) is 43.4 Å². The summed E-state index contributed by atoms with van der Waals surface area (Å²) >= 11 is 0. The average molecular weight is 538 g/mol. The lowest BCUT2D eigenvalue weighted by Crippen LogP contribution is -2.55. The zero-order valence-electron chi connectivity index (χ0n) is 22.7. The quantitative estimate of drug-likeness (QED) is 0.346. The molecular formula is C31H38F3N5. The van der Waals surface area contributed by atoms with Crippen molar-refractivity contribution >= 4 is 17.2 Å². The van der Waals surface area contributed by atoms with Crippen molar-refractivity contribution in [1.82, 2.24) is 10.3 Å². The lowest BCUT2D eigenvalue weighted by molar-refractivity contribution is -0.137. The molecule has 0 bridgehead atoms. The second kappa shape index (κ2) is 11.9. The molecule has 3 atom stereocenters. The maximum Gasteiger partial charge on any atom is 0.416 e. The second-order valence-corrected chi connectivity index (χ2v) is 11.0. The highest BCUT2D eigenvalue weighted by Crippen LogP contribution is 2.32. The van der Waals surface area contributed by atoms with E-state index in [0.717, 1.165) is 67.1 Å². The number of hydrogen-bond acceptors (Lipinski definition) is 5. The highest BCUT2D eigenvalue weighted by molar-refractivity contribution is 5.70. The first-order valence-electron chi connectivity index (χ1n) is 13.9. The lowest BCUT2D eigenvalue weighted by Gasteiger charge is -2.40. The van der Waals surface area contributed by atoms with E-state index in [1.54, 1.807) is 12.1 Å². The molecule has 8 heteroatoms. The molecule has 2 fully saturated rings. The van der Waals surface area contributed by atoms with Gasteiger partial charge in [0.1, 0.15) is 5.82 Å². The average Bonchev–Trinajstić information content (AvgIpc) is 2.94. The van der Waals surface area contributed by atoms with Gasteiger partial charge < -0.3 is 20.4 Å². The van der Waals surface area contributed by atoms with E-state index in [0.29, 0.717) is 12.1 Å². The molecule has 3 aromatic rings. The predicted molar refractivity (Wildman–Crippen MR) is 153 cm³/mol. The minimum absolute atomic E-state index is 0.274. The smallest absolute Gasteiger partial charge is 0.378 e. The van der Waals surface area contributed by atoms with Gasteiger partial charge in [-0.25, -0.2) is 4.98 Å². The first-order chi connectivity index (χ1) is 18.8. The van der Waals surface area contributed by atoms with E-state index in [1.807, 2.05) is 20.3 Å². The number of aromatic nitrogens is 1. The summed E-state index contributed by atoms with van der Waals surface area (Å²) in [5.41, 5.74) is 3.71. The molecule has 1 saturated heterocycles. The molecule has 0 unspecified atom stereocenters. The molecule has 2 N–H and O–H groups in total. The summed E-state index contributed by atoms with van der Waals surface area (Å²) in [5.74, 6) is 0.886. The third kappa shape index (κ3) is 6.85. The molecule has 2 heterocycles. The van der Waals surface area contributed by atoms with Crippen molar-refractivity contribution in [3.63, 3.8) is 0 Å². The van der Waals surface area contributed by atoms with Crippen LogP contribution in [0.3, 0.4) is 0 Å². The molecule has 2 aromatic carbocycles. The van der Waals surface area contributed by atoms with Gasteiger partial charge in [0.2, 0.25) is 0 Å². The van der Waals surface area contributed by atoms with Gasteiger partial charge in [0, 0.05) is 62.9 Å². The van der Waals surface area contributed by atoms with Crippen LogP contribution in [-0.2, 0) is 6.18 Å². The number of anilines is 3. The number of benzene rings is 2. The van der Waals surface area contributed by atoms with E-state index in [4.69, 9.17) is 0 Å². The van der Waals surface area contributed by atoms with Crippen molar-refractivity contribution in [3.05, 3.63) is 72.4 Å². The molecule has 5 nitrogen and oxygen atoms in total. The van der Waals surface area contributed by atoms with E-state index in [-0.39, 0.29) is 6.04 Å². The van der Waals surface area contributed by atoms with Gasteiger partial charge >= 0.3 is 6.18 Å². The molecule has 39 heavy (non-hydrogen) atoms. The lowest BCUT2D eigenvalue weighted by atomic mass is 9.89. The highest BCUT2D eigenvalue weighted by Gasteiger charge is 2.32. The van der Waals surface area contributed by atoms with Crippen molar-refractivity contribution in [3.8, 4) is 11.1 Å². The van der Waals surface area contributed by atoms with Crippen molar-refractivity contribution in [2.75, 3.05) is 42.3 Å². The van der Waals surface area contributed by atoms with Gasteiger partial charge in [-0.05, 0) is 85.3 Å². The molecule has 2 aliphatic rings. The van der Waals surface area contributed by atoms with Gasteiger partial charge in [-0.2, -0.15) is 13.2 Å². The number of nitrogens with zero attached hydrogens (tertiary/aromatic N) is 3. The van der Waals surface area contributed by atoms with Gasteiger partial charge in [0.15, 0.2) is 0 Å². The predicted octanol–water partition coefficient (Wildman–Crippen LogP) is 6.82. The summed E-state index contributed by atoms with van der Waals surface area (Å²) in [6.07, 6.45) is 4.19. The number of pyridine rings is 1. The summed E-state index contributed by atoms with van der Waals surface area (Å²) in [5, 5.41) is 7.64. The molecule has 0 spiro atoms. The van der Waals surface area contributed by atoms with Gasteiger partial charge in [-0.3, -0.25) is 0 Å². The Morgan fingerprint density at radius 2 is 1.62 bits per heavy atom. The number of rotatable bonds is 7. The first kappa shape index (κ1) is 27.3. The van der Waals surface area contributed by atoms with Crippen LogP contribution < -0.4 is 20.4 Å². The van der Waals surface area contributed by atoms with E-state index in [1.165, 1.54) is 25.0 Å². The minimum atomic E-state index is -4.31. The second-order valence-electron chi connectivity index (χ2n) is 11.0. The number of piperidine rings is 1. The summed E-state index contributed by atoms with van der Waals surface area (Å²) in [6, 6.07) is 19.1. The Hall–Kier alpha value is -3.26. The Kier molecular flexibility index (Phi) is 8.31. The summed E-state index contributed by atoms with van der Waals surface area (Å²) in [6.45, 7) is 1.66. The van der Waals surface area contributed by atoms with Crippen LogP contribution >= 0.6 is 0 Å². The molecular weight excluding hydrogens is 499 g/mol. The molecule has 1 aromatic heterocycles. The van der Waals surface area contributed by atoms with Gasteiger partial charge in [0.25, 0.3) is 0 Å². The molecule has 1 aliphatic carbocycles. The van der Waals surface area contributed by atoms with Crippen LogP contribution in [0.1, 0.15) is 44.1 Å². The van der Waals surface area contributed by atoms with Crippen LogP contribution in [0.4, 0.5) is 30.4 Å². The molecule has 208 valence electrons. The number of hydrogen-bond donors (Lipinski definition) is 2. The minimum Gasteiger partial charge on any atom is -0.378 e. The number of nitrogens with one attached hydrogen (secondary N) is 2. The Balaban J connectivity index is 1.24. The number of halogens is 3. The molecule has 0 radical (unpaired) electrons. The number of alkyl halides is 3. The van der Waals surface area contributed by atoms with Crippen LogP contribution in [0.5, 0.6) is 0 Å². The van der Waals surface area contributed by atoms with Gasteiger partial charge in [-0.15, -0.1) is 0 Å². The Labute approximate surface area is 229 Å². The van der Waals surface area contributed by atoms with Crippen molar-refractivity contribution in [2.45, 2.75) is 62.8 Å².